The van der Waals surface area contributed by atoms with E-state index < -0.39 is 0 Å². The first-order valence-corrected chi connectivity index (χ1v) is 8.26. The molecule has 2 N–H and O–H groups in total. The van der Waals surface area contributed by atoms with Gasteiger partial charge in [-0.2, -0.15) is 11.8 Å². The van der Waals surface area contributed by atoms with E-state index in [1.54, 1.807) is 17.8 Å². The molecule has 1 aliphatic heterocycles. The minimum Gasteiger partial charge on any atom is -0.348 e. The van der Waals surface area contributed by atoms with Gasteiger partial charge in [-0.1, -0.05) is 6.92 Å². The molecule has 1 aromatic carbocycles. The van der Waals surface area contributed by atoms with Gasteiger partial charge < -0.3 is 10.6 Å². The fourth-order valence-corrected chi connectivity index (χ4v) is 2.98. The van der Waals surface area contributed by atoms with Crippen LogP contribution in [0.1, 0.15) is 35.7 Å². The first-order valence-electron chi connectivity index (χ1n) is 6.86. The summed E-state index contributed by atoms with van der Waals surface area (Å²) >= 11 is 1.73. The van der Waals surface area contributed by atoms with Crippen molar-refractivity contribution in [2.24, 2.45) is 0 Å². The Balaban J connectivity index is 2.09. The number of rotatable bonds is 5. The maximum absolute atomic E-state index is 12.2. The molecule has 0 bridgehead atoms. The van der Waals surface area contributed by atoms with Crippen LogP contribution in [0.4, 0.5) is 5.69 Å². The SMILES string of the molecule is CCC(CSC)NC(=O)c1ccc2c(c1)CCC(=O)N2. The largest absolute Gasteiger partial charge is 0.348 e. The Hall–Kier alpha value is -1.49. The molecule has 0 aliphatic carbocycles. The molecule has 1 atom stereocenters. The van der Waals surface area contributed by atoms with Gasteiger partial charge in [-0.05, 0) is 42.9 Å². The van der Waals surface area contributed by atoms with Crippen LogP contribution in [-0.4, -0.2) is 29.9 Å². The van der Waals surface area contributed by atoms with Crippen molar-refractivity contribution < 1.29 is 9.59 Å². The van der Waals surface area contributed by atoms with Gasteiger partial charge in [0.2, 0.25) is 5.91 Å². The standard InChI is InChI=1S/C15H20N2O2S/c1-3-12(9-20-2)16-15(19)11-4-6-13-10(8-11)5-7-14(18)17-13/h4,6,8,12H,3,5,7,9H2,1-2H3,(H,16,19)(H,17,18). The second-order valence-electron chi connectivity index (χ2n) is 4.95. The smallest absolute Gasteiger partial charge is 0.251 e. The molecule has 0 saturated heterocycles. The normalized spacial score (nSPS) is 15.2. The van der Waals surface area contributed by atoms with Gasteiger partial charge in [-0.15, -0.1) is 0 Å². The molecule has 0 saturated carbocycles. The molecular weight excluding hydrogens is 272 g/mol. The number of fused-ring (bicyclic) bond motifs is 1. The minimum atomic E-state index is -0.0365. The summed E-state index contributed by atoms with van der Waals surface area (Å²) in [6.07, 6.45) is 4.15. The number of amides is 2. The average Bonchev–Trinajstić information content (AvgIpc) is 2.46. The second-order valence-corrected chi connectivity index (χ2v) is 5.86. The number of thioether (sulfide) groups is 1. The molecule has 20 heavy (non-hydrogen) atoms. The van der Waals surface area contributed by atoms with Crippen LogP contribution in [0.2, 0.25) is 0 Å². The Morgan fingerprint density at radius 2 is 2.25 bits per heavy atom. The zero-order valence-corrected chi connectivity index (χ0v) is 12.7. The van der Waals surface area contributed by atoms with Gasteiger partial charge in [0.25, 0.3) is 5.91 Å². The van der Waals surface area contributed by atoms with Crippen molar-refractivity contribution in [2.45, 2.75) is 32.2 Å². The molecule has 1 unspecified atom stereocenters. The summed E-state index contributed by atoms with van der Waals surface area (Å²) in [5.74, 6) is 0.926. The zero-order valence-electron chi connectivity index (χ0n) is 11.9. The molecular formula is C15H20N2O2S. The van der Waals surface area contributed by atoms with Crippen molar-refractivity contribution in [1.29, 1.82) is 0 Å². The third-order valence-corrected chi connectivity index (χ3v) is 4.19. The van der Waals surface area contributed by atoms with Crippen LogP contribution in [0.25, 0.3) is 0 Å². The number of anilines is 1. The number of nitrogens with one attached hydrogen (secondary N) is 2. The fraction of sp³-hybridized carbons (Fsp3) is 0.467. The zero-order chi connectivity index (χ0) is 14.5. The fourth-order valence-electron chi connectivity index (χ4n) is 2.26. The van der Waals surface area contributed by atoms with Crippen molar-refractivity contribution >= 4 is 29.3 Å². The third kappa shape index (κ3) is 3.54. The highest BCUT2D eigenvalue weighted by Gasteiger charge is 2.17. The molecule has 5 heteroatoms. The molecule has 2 rings (SSSR count). The predicted molar refractivity (Wildman–Crippen MR) is 83.3 cm³/mol. The van der Waals surface area contributed by atoms with Crippen molar-refractivity contribution in [1.82, 2.24) is 5.32 Å². The molecule has 108 valence electrons. The topological polar surface area (TPSA) is 58.2 Å². The van der Waals surface area contributed by atoms with E-state index in [0.717, 1.165) is 23.4 Å². The maximum Gasteiger partial charge on any atom is 0.251 e. The molecule has 0 fully saturated rings. The van der Waals surface area contributed by atoms with Gasteiger partial charge >= 0.3 is 0 Å². The van der Waals surface area contributed by atoms with Gasteiger partial charge in [0, 0.05) is 29.5 Å². The van der Waals surface area contributed by atoms with Gasteiger partial charge in [0.05, 0.1) is 0 Å². The molecule has 2 amide bonds. The Kier molecular flexibility index (Phi) is 5.06. The highest BCUT2D eigenvalue weighted by molar-refractivity contribution is 7.98. The van der Waals surface area contributed by atoms with Crippen LogP contribution in [0.15, 0.2) is 18.2 Å². The number of hydrogen-bond donors (Lipinski definition) is 2. The summed E-state index contributed by atoms with van der Waals surface area (Å²) in [5, 5.41) is 5.88. The highest BCUT2D eigenvalue weighted by atomic mass is 32.2. The summed E-state index contributed by atoms with van der Waals surface area (Å²) in [5.41, 5.74) is 2.53. The van der Waals surface area contributed by atoms with E-state index in [1.165, 1.54) is 0 Å². The summed E-state index contributed by atoms with van der Waals surface area (Å²) in [6.45, 7) is 2.07. The number of carbonyl (C=O) groups excluding carboxylic acids is 2. The van der Waals surface area contributed by atoms with E-state index in [4.69, 9.17) is 0 Å². The summed E-state index contributed by atoms with van der Waals surface area (Å²) in [7, 11) is 0. The van der Waals surface area contributed by atoms with Crippen molar-refractivity contribution in [3.05, 3.63) is 29.3 Å². The van der Waals surface area contributed by atoms with Crippen LogP contribution in [0.5, 0.6) is 0 Å². The summed E-state index contributed by atoms with van der Waals surface area (Å²) < 4.78 is 0. The van der Waals surface area contributed by atoms with Crippen LogP contribution >= 0.6 is 11.8 Å². The van der Waals surface area contributed by atoms with E-state index in [9.17, 15) is 9.59 Å². The van der Waals surface area contributed by atoms with Crippen molar-refractivity contribution in [2.75, 3.05) is 17.3 Å². The van der Waals surface area contributed by atoms with Crippen LogP contribution in [-0.2, 0) is 11.2 Å². The van der Waals surface area contributed by atoms with Crippen LogP contribution in [0, 0.1) is 0 Å². The van der Waals surface area contributed by atoms with Gasteiger partial charge in [-0.25, -0.2) is 0 Å². The Labute approximate surface area is 123 Å². The van der Waals surface area contributed by atoms with Gasteiger partial charge in [0.15, 0.2) is 0 Å². The predicted octanol–water partition coefficient (Wildman–Crippen LogP) is 2.44. The molecule has 1 aromatic rings. The quantitative estimate of drug-likeness (QED) is 0.876. The lowest BCUT2D eigenvalue weighted by Crippen LogP contribution is -2.36. The number of hydrogen-bond acceptors (Lipinski definition) is 3. The number of carbonyl (C=O) groups is 2. The van der Waals surface area contributed by atoms with Crippen molar-refractivity contribution in [3.63, 3.8) is 0 Å². The summed E-state index contributed by atoms with van der Waals surface area (Å²) in [4.78, 5) is 23.5. The Bertz CT molecular complexity index is 517. The first-order chi connectivity index (χ1) is 9.63. The van der Waals surface area contributed by atoms with Crippen LogP contribution < -0.4 is 10.6 Å². The van der Waals surface area contributed by atoms with E-state index in [1.807, 2.05) is 18.4 Å². The Morgan fingerprint density at radius 1 is 1.45 bits per heavy atom. The third-order valence-electron chi connectivity index (χ3n) is 3.46. The molecule has 1 heterocycles. The van der Waals surface area contributed by atoms with Gasteiger partial charge in [0.1, 0.15) is 0 Å². The first kappa shape index (κ1) is 14.9. The monoisotopic (exact) mass is 292 g/mol. The van der Waals surface area contributed by atoms with E-state index in [-0.39, 0.29) is 17.9 Å². The molecule has 0 aromatic heterocycles. The lowest BCUT2D eigenvalue weighted by molar-refractivity contribution is -0.116. The lowest BCUT2D eigenvalue weighted by Gasteiger charge is -2.19. The summed E-state index contributed by atoms with van der Waals surface area (Å²) in [6, 6.07) is 5.67. The van der Waals surface area contributed by atoms with Gasteiger partial charge in [-0.3, -0.25) is 9.59 Å². The maximum atomic E-state index is 12.2. The number of aryl methyl sites for hydroxylation is 1. The molecule has 1 aliphatic rings. The number of benzene rings is 1. The molecule has 0 spiro atoms. The van der Waals surface area contributed by atoms with Crippen LogP contribution in [0.3, 0.4) is 0 Å². The molecule has 4 nitrogen and oxygen atoms in total. The highest BCUT2D eigenvalue weighted by Crippen LogP contribution is 2.23. The average molecular weight is 292 g/mol. The van der Waals surface area contributed by atoms with E-state index in [0.29, 0.717) is 18.4 Å². The molecule has 0 radical (unpaired) electrons. The Morgan fingerprint density at radius 3 is 2.95 bits per heavy atom. The van der Waals surface area contributed by atoms with Crippen molar-refractivity contribution in [3.8, 4) is 0 Å². The van der Waals surface area contributed by atoms with E-state index in [2.05, 4.69) is 17.6 Å². The minimum absolute atomic E-state index is 0.0365. The second kappa shape index (κ2) is 6.79. The lowest BCUT2D eigenvalue weighted by atomic mass is 10.00. The van der Waals surface area contributed by atoms with E-state index >= 15 is 0 Å².